The first-order valence-corrected chi connectivity index (χ1v) is 7.10. The number of carbonyl (C=O) groups excluding carboxylic acids is 1. The molecule has 1 N–H and O–H groups in total. The Morgan fingerprint density at radius 2 is 1.95 bits per heavy atom. The van der Waals surface area contributed by atoms with Crippen LogP contribution in [0, 0.1) is 22.0 Å². The van der Waals surface area contributed by atoms with E-state index >= 15 is 0 Å². The molecule has 1 saturated carbocycles. The standard InChI is InChI=1S/C15H18N2O5/c1-16(9-12-4-2-3-5-13(12)17(21)22)14(18)10-6-7-11(8-10)15(19)20/h2-5,10-11H,6-9H2,1H3,(H,19,20)/t10-,11+/m1/s1. The van der Waals surface area contributed by atoms with Gasteiger partial charge in [0, 0.05) is 24.6 Å². The number of nitro benzene ring substituents is 1. The van der Waals surface area contributed by atoms with Crippen molar-refractivity contribution in [2.45, 2.75) is 25.8 Å². The van der Waals surface area contributed by atoms with Gasteiger partial charge < -0.3 is 10.0 Å². The number of benzene rings is 1. The Labute approximate surface area is 127 Å². The minimum atomic E-state index is -0.864. The molecule has 1 amide bonds. The van der Waals surface area contributed by atoms with E-state index in [1.807, 2.05) is 0 Å². The maximum Gasteiger partial charge on any atom is 0.306 e. The third kappa shape index (κ3) is 3.41. The van der Waals surface area contributed by atoms with Crippen LogP contribution in [0.3, 0.4) is 0 Å². The molecule has 1 aliphatic carbocycles. The van der Waals surface area contributed by atoms with E-state index in [2.05, 4.69) is 0 Å². The van der Waals surface area contributed by atoms with E-state index in [9.17, 15) is 19.7 Å². The van der Waals surface area contributed by atoms with Gasteiger partial charge in [-0.3, -0.25) is 19.7 Å². The van der Waals surface area contributed by atoms with Crippen molar-refractivity contribution in [1.29, 1.82) is 0 Å². The molecule has 0 unspecified atom stereocenters. The van der Waals surface area contributed by atoms with Gasteiger partial charge in [0.05, 0.1) is 17.4 Å². The van der Waals surface area contributed by atoms with Crippen LogP contribution >= 0.6 is 0 Å². The lowest BCUT2D eigenvalue weighted by Crippen LogP contribution is -2.32. The lowest BCUT2D eigenvalue weighted by molar-refractivity contribution is -0.385. The number of nitrogens with zero attached hydrogens (tertiary/aromatic N) is 2. The van der Waals surface area contributed by atoms with E-state index < -0.39 is 16.8 Å². The fourth-order valence-electron chi connectivity index (χ4n) is 2.90. The highest BCUT2D eigenvalue weighted by Gasteiger charge is 2.35. The van der Waals surface area contributed by atoms with Crippen LogP contribution in [0.2, 0.25) is 0 Å². The maximum absolute atomic E-state index is 12.4. The number of carboxylic acids is 1. The van der Waals surface area contributed by atoms with E-state index in [0.29, 0.717) is 24.8 Å². The summed E-state index contributed by atoms with van der Waals surface area (Å²) >= 11 is 0. The highest BCUT2D eigenvalue weighted by molar-refractivity contribution is 5.80. The quantitative estimate of drug-likeness (QED) is 0.662. The van der Waals surface area contributed by atoms with Crippen molar-refractivity contribution in [2.75, 3.05) is 7.05 Å². The number of hydrogen-bond acceptors (Lipinski definition) is 4. The average Bonchev–Trinajstić information content (AvgIpc) is 2.96. The van der Waals surface area contributed by atoms with Gasteiger partial charge in [0.15, 0.2) is 0 Å². The van der Waals surface area contributed by atoms with Gasteiger partial charge in [0.1, 0.15) is 0 Å². The van der Waals surface area contributed by atoms with Crippen molar-refractivity contribution < 1.29 is 19.6 Å². The summed E-state index contributed by atoms with van der Waals surface area (Å²) in [5.41, 5.74) is 0.452. The monoisotopic (exact) mass is 306 g/mol. The van der Waals surface area contributed by atoms with Gasteiger partial charge >= 0.3 is 5.97 Å². The lowest BCUT2D eigenvalue weighted by atomic mass is 10.0. The molecule has 0 radical (unpaired) electrons. The molecule has 7 heteroatoms. The normalized spacial score (nSPS) is 20.6. The van der Waals surface area contributed by atoms with Gasteiger partial charge in [-0.05, 0) is 19.3 Å². The van der Waals surface area contributed by atoms with Crippen LogP contribution < -0.4 is 0 Å². The molecular formula is C15H18N2O5. The van der Waals surface area contributed by atoms with E-state index in [4.69, 9.17) is 5.11 Å². The first kappa shape index (κ1) is 15.9. The summed E-state index contributed by atoms with van der Waals surface area (Å²) in [4.78, 5) is 35.3. The minimum Gasteiger partial charge on any atom is -0.481 e. The number of aliphatic carboxylic acids is 1. The molecule has 1 aliphatic rings. The predicted molar refractivity (Wildman–Crippen MR) is 78.0 cm³/mol. The topological polar surface area (TPSA) is 101 Å². The molecule has 0 bridgehead atoms. The van der Waals surface area contributed by atoms with Crippen LogP contribution in [0.1, 0.15) is 24.8 Å². The number of rotatable bonds is 5. The number of carbonyl (C=O) groups is 2. The average molecular weight is 306 g/mol. The second-order valence-corrected chi connectivity index (χ2v) is 5.63. The van der Waals surface area contributed by atoms with Crippen LogP contribution in [0.25, 0.3) is 0 Å². The minimum absolute atomic E-state index is 0.0167. The Kier molecular flexibility index (Phi) is 4.75. The molecule has 22 heavy (non-hydrogen) atoms. The Bertz CT molecular complexity index is 601. The molecule has 118 valence electrons. The molecule has 2 atom stereocenters. The Hall–Kier alpha value is -2.44. The third-order valence-corrected chi connectivity index (χ3v) is 4.10. The Morgan fingerprint density at radius 3 is 2.55 bits per heavy atom. The van der Waals surface area contributed by atoms with E-state index in [1.165, 1.54) is 11.0 Å². The van der Waals surface area contributed by atoms with Crippen molar-refractivity contribution in [3.63, 3.8) is 0 Å². The largest absolute Gasteiger partial charge is 0.481 e. The summed E-state index contributed by atoms with van der Waals surface area (Å²) in [6.07, 6.45) is 1.40. The lowest BCUT2D eigenvalue weighted by Gasteiger charge is -2.21. The van der Waals surface area contributed by atoms with Gasteiger partial charge in [-0.15, -0.1) is 0 Å². The summed E-state index contributed by atoms with van der Waals surface area (Å²) in [5.74, 6) is -1.79. The molecule has 0 aliphatic heterocycles. The summed E-state index contributed by atoms with van der Waals surface area (Å²) in [5, 5.41) is 20.0. The van der Waals surface area contributed by atoms with Crippen molar-refractivity contribution >= 4 is 17.6 Å². The Balaban J connectivity index is 2.04. The van der Waals surface area contributed by atoms with Gasteiger partial charge in [0.2, 0.25) is 5.91 Å². The predicted octanol–water partition coefficient (Wildman–Crippen LogP) is 2.05. The van der Waals surface area contributed by atoms with Crippen LogP contribution in [0.5, 0.6) is 0 Å². The molecule has 0 heterocycles. The van der Waals surface area contributed by atoms with Crippen LogP contribution in [-0.4, -0.2) is 33.9 Å². The van der Waals surface area contributed by atoms with Crippen LogP contribution in [-0.2, 0) is 16.1 Å². The van der Waals surface area contributed by atoms with Crippen molar-refractivity contribution in [2.24, 2.45) is 11.8 Å². The van der Waals surface area contributed by atoms with Crippen molar-refractivity contribution in [3.05, 3.63) is 39.9 Å². The molecule has 0 aromatic heterocycles. The fourth-order valence-corrected chi connectivity index (χ4v) is 2.90. The third-order valence-electron chi connectivity index (χ3n) is 4.10. The van der Waals surface area contributed by atoms with Gasteiger partial charge in [-0.2, -0.15) is 0 Å². The zero-order chi connectivity index (χ0) is 16.3. The Morgan fingerprint density at radius 1 is 1.32 bits per heavy atom. The molecule has 1 aromatic carbocycles. The van der Waals surface area contributed by atoms with Gasteiger partial charge in [-0.25, -0.2) is 0 Å². The van der Waals surface area contributed by atoms with E-state index in [0.717, 1.165) is 0 Å². The summed E-state index contributed by atoms with van der Waals surface area (Å²) in [6, 6.07) is 6.30. The highest BCUT2D eigenvalue weighted by Crippen LogP contribution is 2.32. The number of hydrogen-bond donors (Lipinski definition) is 1. The number of amides is 1. The molecule has 1 aromatic rings. The molecular weight excluding hydrogens is 288 g/mol. The smallest absolute Gasteiger partial charge is 0.306 e. The van der Waals surface area contributed by atoms with Gasteiger partial charge in [-0.1, -0.05) is 18.2 Å². The van der Waals surface area contributed by atoms with Crippen LogP contribution in [0.15, 0.2) is 24.3 Å². The zero-order valence-electron chi connectivity index (χ0n) is 12.3. The first-order valence-electron chi connectivity index (χ1n) is 7.10. The van der Waals surface area contributed by atoms with Gasteiger partial charge in [0.25, 0.3) is 5.69 Å². The fraction of sp³-hybridized carbons (Fsp3) is 0.467. The molecule has 1 fully saturated rings. The molecule has 0 saturated heterocycles. The van der Waals surface area contributed by atoms with Crippen molar-refractivity contribution in [3.8, 4) is 0 Å². The molecule has 7 nitrogen and oxygen atoms in total. The van der Waals surface area contributed by atoms with E-state index in [1.54, 1.807) is 25.2 Å². The van der Waals surface area contributed by atoms with Crippen LogP contribution in [0.4, 0.5) is 5.69 Å². The summed E-state index contributed by atoms with van der Waals surface area (Å²) in [7, 11) is 1.59. The maximum atomic E-state index is 12.4. The summed E-state index contributed by atoms with van der Waals surface area (Å²) < 4.78 is 0. The number of carboxylic acid groups (broad SMARTS) is 1. The van der Waals surface area contributed by atoms with E-state index in [-0.39, 0.29) is 24.1 Å². The second-order valence-electron chi connectivity index (χ2n) is 5.63. The summed E-state index contributed by atoms with van der Waals surface area (Å²) in [6.45, 7) is 0.143. The number of nitro groups is 1. The molecule has 2 rings (SSSR count). The number of para-hydroxylation sites is 1. The SMILES string of the molecule is CN(Cc1ccccc1[N+](=O)[O-])C(=O)[C@@H]1CC[C@H](C(=O)O)C1. The first-order chi connectivity index (χ1) is 10.4. The second kappa shape index (κ2) is 6.55. The molecule has 0 spiro atoms. The highest BCUT2D eigenvalue weighted by atomic mass is 16.6. The van der Waals surface area contributed by atoms with Crippen molar-refractivity contribution in [1.82, 2.24) is 4.90 Å². The zero-order valence-corrected chi connectivity index (χ0v) is 12.3.